The normalized spacial score (nSPS) is 18.1. The SMILES string of the molecule is CNn1cc(C(=O)O)c(=O)c2cc(F)c(N3CCN(C)CC3CO)c(F)c21. The number of anilines is 1. The lowest BCUT2D eigenvalue weighted by atomic mass is 10.1. The van der Waals surface area contributed by atoms with Crippen LogP contribution in [-0.2, 0) is 0 Å². The van der Waals surface area contributed by atoms with Crippen LogP contribution >= 0.6 is 0 Å². The molecule has 0 radical (unpaired) electrons. The third-order valence-corrected chi connectivity index (χ3v) is 4.81. The van der Waals surface area contributed by atoms with Crippen molar-refractivity contribution in [3.05, 3.63) is 39.7 Å². The van der Waals surface area contributed by atoms with E-state index in [0.717, 1.165) is 16.9 Å². The zero-order valence-electron chi connectivity index (χ0n) is 14.9. The minimum absolute atomic E-state index is 0.250. The number of carboxylic acid groups (broad SMARTS) is 1. The fourth-order valence-electron chi connectivity index (χ4n) is 3.46. The van der Waals surface area contributed by atoms with Crippen LogP contribution in [0.3, 0.4) is 0 Å². The summed E-state index contributed by atoms with van der Waals surface area (Å²) in [6.07, 6.45) is 0.964. The maximum atomic E-state index is 15.4. The Labute approximate surface area is 153 Å². The Kier molecular flexibility index (Phi) is 5.03. The summed E-state index contributed by atoms with van der Waals surface area (Å²) in [6, 6.07) is 0.335. The number of carboxylic acids is 1. The summed E-state index contributed by atoms with van der Waals surface area (Å²) in [5.74, 6) is -3.46. The average molecular weight is 382 g/mol. The number of aromatic carboxylic acids is 1. The third kappa shape index (κ3) is 3.10. The van der Waals surface area contributed by atoms with Gasteiger partial charge in [-0.25, -0.2) is 13.6 Å². The number of hydrogen-bond donors (Lipinski definition) is 3. The molecule has 0 bridgehead atoms. The van der Waals surface area contributed by atoms with Crippen molar-refractivity contribution in [2.24, 2.45) is 0 Å². The first-order valence-corrected chi connectivity index (χ1v) is 8.34. The molecule has 27 heavy (non-hydrogen) atoms. The van der Waals surface area contributed by atoms with Crippen molar-refractivity contribution in [3.8, 4) is 0 Å². The molecule has 3 N–H and O–H groups in total. The van der Waals surface area contributed by atoms with Crippen molar-refractivity contribution in [1.82, 2.24) is 9.58 Å². The summed E-state index contributed by atoms with van der Waals surface area (Å²) >= 11 is 0. The lowest BCUT2D eigenvalue weighted by Crippen LogP contribution is -2.54. The molecule has 1 fully saturated rings. The summed E-state index contributed by atoms with van der Waals surface area (Å²) in [6.45, 7) is 0.963. The fourth-order valence-corrected chi connectivity index (χ4v) is 3.46. The number of benzene rings is 1. The number of likely N-dealkylation sites (N-methyl/N-ethyl adjacent to an activating group) is 1. The first-order chi connectivity index (χ1) is 12.8. The molecule has 3 rings (SSSR count). The van der Waals surface area contributed by atoms with Crippen LogP contribution < -0.4 is 15.8 Å². The van der Waals surface area contributed by atoms with Crippen LogP contribution in [0.15, 0.2) is 17.1 Å². The van der Waals surface area contributed by atoms with E-state index in [2.05, 4.69) is 5.43 Å². The second-order valence-corrected chi connectivity index (χ2v) is 6.48. The van der Waals surface area contributed by atoms with Crippen LogP contribution in [0.5, 0.6) is 0 Å². The zero-order valence-corrected chi connectivity index (χ0v) is 14.9. The number of fused-ring (bicyclic) bond motifs is 1. The number of aliphatic hydroxyl groups excluding tert-OH is 1. The summed E-state index contributed by atoms with van der Waals surface area (Å²) in [7, 11) is 3.27. The zero-order chi connectivity index (χ0) is 19.9. The molecule has 0 amide bonds. The largest absolute Gasteiger partial charge is 0.477 e. The predicted molar refractivity (Wildman–Crippen MR) is 96.1 cm³/mol. The van der Waals surface area contributed by atoms with E-state index in [-0.39, 0.29) is 29.7 Å². The lowest BCUT2D eigenvalue weighted by molar-refractivity contribution is 0.0695. The van der Waals surface area contributed by atoms with Gasteiger partial charge in [-0.2, -0.15) is 0 Å². The molecule has 2 heterocycles. The van der Waals surface area contributed by atoms with Crippen LogP contribution in [0.4, 0.5) is 14.5 Å². The summed E-state index contributed by atoms with van der Waals surface area (Å²) < 4.78 is 31.2. The van der Waals surface area contributed by atoms with E-state index in [9.17, 15) is 19.1 Å². The monoisotopic (exact) mass is 382 g/mol. The molecule has 0 spiro atoms. The van der Waals surface area contributed by atoms with Crippen LogP contribution in [0.2, 0.25) is 0 Å². The van der Waals surface area contributed by atoms with E-state index in [4.69, 9.17) is 5.11 Å². The van der Waals surface area contributed by atoms with Crippen LogP contribution in [0, 0.1) is 11.6 Å². The standard InChI is InChI=1S/C17H20F2N4O4/c1-20-23-7-11(17(26)27)16(25)10-5-12(18)15(13(19)14(10)23)22-4-3-21(2)6-9(22)8-24/h5,7,9,20,24H,3-4,6,8H2,1-2H3,(H,26,27). The molecule has 1 saturated heterocycles. The molecule has 10 heteroatoms. The predicted octanol–water partition coefficient (Wildman–Crippen LogP) is 0.264. The third-order valence-electron chi connectivity index (χ3n) is 4.81. The maximum absolute atomic E-state index is 15.4. The minimum atomic E-state index is -1.49. The number of aromatic nitrogens is 1. The fraction of sp³-hybridized carbons (Fsp3) is 0.412. The van der Waals surface area contributed by atoms with Crippen LogP contribution in [0.25, 0.3) is 10.9 Å². The van der Waals surface area contributed by atoms with Gasteiger partial charge in [0, 0.05) is 32.9 Å². The molecule has 2 aromatic rings. The maximum Gasteiger partial charge on any atom is 0.341 e. The van der Waals surface area contributed by atoms with Gasteiger partial charge in [0.1, 0.15) is 22.6 Å². The van der Waals surface area contributed by atoms with Gasteiger partial charge in [-0.05, 0) is 13.1 Å². The van der Waals surface area contributed by atoms with Crippen molar-refractivity contribution in [2.75, 3.05) is 50.7 Å². The highest BCUT2D eigenvalue weighted by molar-refractivity contribution is 5.94. The Morgan fingerprint density at radius 3 is 2.67 bits per heavy atom. The quantitative estimate of drug-likeness (QED) is 0.698. The molecule has 146 valence electrons. The summed E-state index contributed by atoms with van der Waals surface area (Å²) in [5.41, 5.74) is 0.426. The smallest absolute Gasteiger partial charge is 0.341 e. The molecule has 1 aliphatic rings. The second-order valence-electron chi connectivity index (χ2n) is 6.48. The van der Waals surface area contributed by atoms with Gasteiger partial charge in [0.15, 0.2) is 5.82 Å². The Balaban J connectivity index is 2.29. The molecular formula is C17H20F2N4O4. The van der Waals surface area contributed by atoms with Crippen LogP contribution in [-0.4, -0.2) is 72.1 Å². The molecule has 1 atom stereocenters. The summed E-state index contributed by atoms with van der Waals surface area (Å²) in [5, 5.41) is 18.4. The van der Waals surface area contributed by atoms with Crippen molar-refractivity contribution in [3.63, 3.8) is 0 Å². The van der Waals surface area contributed by atoms with E-state index in [1.807, 2.05) is 11.9 Å². The van der Waals surface area contributed by atoms with E-state index in [1.165, 1.54) is 11.9 Å². The van der Waals surface area contributed by atoms with Crippen molar-refractivity contribution >= 4 is 22.6 Å². The lowest BCUT2D eigenvalue weighted by Gasteiger charge is -2.41. The number of hydrogen-bond acceptors (Lipinski definition) is 6. The van der Waals surface area contributed by atoms with Gasteiger partial charge in [0.25, 0.3) is 0 Å². The number of carbonyl (C=O) groups is 1. The number of nitrogens with one attached hydrogen (secondary N) is 1. The van der Waals surface area contributed by atoms with Gasteiger partial charge < -0.3 is 25.4 Å². The second kappa shape index (κ2) is 7.12. The Bertz CT molecular complexity index is 962. The highest BCUT2D eigenvalue weighted by Gasteiger charge is 2.31. The first kappa shape index (κ1) is 19.1. The highest BCUT2D eigenvalue weighted by Crippen LogP contribution is 2.32. The molecular weight excluding hydrogens is 362 g/mol. The Morgan fingerprint density at radius 1 is 1.37 bits per heavy atom. The number of piperazine rings is 1. The molecule has 1 aromatic carbocycles. The van der Waals surface area contributed by atoms with Crippen molar-refractivity contribution in [1.29, 1.82) is 0 Å². The van der Waals surface area contributed by atoms with Gasteiger partial charge in [0.05, 0.1) is 18.0 Å². The minimum Gasteiger partial charge on any atom is -0.477 e. The molecule has 1 aromatic heterocycles. The molecule has 0 aliphatic carbocycles. The van der Waals surface area contributed by atoms with Crippen LogP contribution in [0.1, 0.15) is 10.4 Å². The van der Waals surface area contributed by atoms with E-state index in [1.54, 1.807) is 0 Å². The van der Waals surface area contributed by atoms with Crippen molar-refractivity contribution in [2.45, 2.75) is 6.04 Å². The number of rotatable bonds is 4. The average Bonchev–Trinajstić information content (AvgIpc) is 2.63. The van der Waals surface area contributed by atoms with E-state index < -0.39 is 34.6 Å². The Morgan fingerprint density at radius 2 is 2.07 bits per heavy atom. The van der Waals surface area contributed by atoms with E-state index in [0.29, 0.717) is 13.1 Å². The molecule has 1 aliphatic heterocycles. The van der Waals surface area contributed by atoms with Gasteiger partial charge in [-0.3, -0.25) is 9.47 Å². The van der Waals surface area contributed by atoms with Gasteiger partial charge in [0.2, 0.25) is 5.43 Å². The Hall–Kier alpha value is -2.72. The summed E-state index contributed by atoms with van der Waals surface area (Å²) in [4.78, 5) is 27.0. The number of aliphatic hydroxyl groups is 1. The molecule has 8 nitrogen and oxygen atoms in total. The van der Waals surface area contributed by atoms with Gasteiger partial charge >= 0.3 is 5.97 Å². The first-order valence-electron chi connectivity index (χ1n) is 8.34. The van der Waals surface area contributed by atoms with Crippen molar-refractivity contribution < 1.29 is 23.8 Å². The topological polar surface area (TPSA) is 98.0 Å². The molecule has 0 saturated carbocycles. The highest BCUT2D eigenvalue weighted by atomic mass is 19.1. The van der Waals surface area contributed by atoms with Gasteiger partial charge in [-0.15, -0.1) is 0 Å². The number of nitrogens with zero attached hydrogens (tertiary/aromatic N) is 3. The van der Waals surface area contributed by atoms with Gasteiger partial charge in [-0.1, -0.05) is 0 Å². The van der Waals surface area contributed by atoms with E-state index >= 15 is 4.39 Å². The number of pyridine rings is 1. The number of halogens is 2. The molecule has 1 unspecified atom stereocenters.